The molecule has 0 radical (unpaired) electrons. The lowest BCUT2D eigenvalue weighted by Crippen LogP contribution is -1.88. The van der Waals surface area contributed by atoms with Crippen LogP contribution < -0.4 is 0 Å². The van der Waals surface area contributed by atoms with Gasteiger partial charge in [0.05, 0.1) is 4.92 Å². The third kappa shape index (κ3) is 3.11. The Morgan fingerprint density at radius 3 is 2.31 bits per heavy atom. The monoisotopic (exact) mass is 183 g/mol. The summed E-state index contributed by atoms with van der Waals surface area (Å²) < 4.78 is 0. The second kappa shape index (κ2) is 5.13. The predicted octanol–water partition coefficient (Wildman–Crippen LogP) is 2.64. The first-order valence-corrected chi connectivity index (χ1v) is 4.05. The summed E-state index contributed by atoms with van der Waals surface area (Å²) in [5, 5.41) is 19.2. The lowest BCUT2D eigenvalue weighted by molar-refractivity contribution is -0.385. The van der Waals surface area contributed by atoms with Crippen LogP contribution in [0.5, 0.6) is 5.75 Å². The van der Waals surface area contributed by atoms with E-state index in [1.165, 1.54) is 12.1 Å². The molecule has 1 N–H and O–H groups in total. The van der Waals surface area contributed by atoms with E-state index < -0.39 is 4.92 Å². The smallest absolute Gasteiger partial charge is 0.310 e. The Morgan fingerprint density at radius 1 is 1.38 bits per heavy atom. The Bertz CT molecular complexity index is 297. The maximum absolute atomic E-state index is 10.2. The Balaban J connectivity index is 0.000000671. The SMILES string of the molecule is CC.Cc1ccc(O)c([N+](=O)[O-])c1. The number of hydrogen-bond acceptors (Lipinski definition) is 3. The van der Waals surface area contributed by atoms with Crippen molar-refractivity contribution in [3.8, 4) is 5.75 Å². The van der Waals surface area contributed by atoms with Crippen molar-refractivity contribution >= 4 is 5.69 Å². The van der Waals surface area contributed by atoms with Gasteiger partial charge in [-0.1, -0.05) is 19.9 Å². The highest BCUT2D eigenvalue weighted by atomic mass is 16.6. The van der Waals surface area contributed by atoms with Crippen molar-refractivity contribution in [1.29, 1.82) is 0 Å². The van der Waals surface area contributed by atoms with Crippen molar-refractivity contribution in [2.24, 2.45) is 0 Å². The summed E-state index contributed by atoms with van der Waals surface area (Å²) in [5.41, 5.74) is 0.513. The molecule has 1 aromatic rings. The van der Waals surface area contributed by atoms with Crippen LogP contribution in [0.25, 0.3) is 0 Å². The van der Waals surface area contributed by atoms with Crippen LogP contribution in [-0.4, -0.2) is 10.0 Å². The Morgan fingerprint density at radius 2 is 1.92 bits per heavy atom. The van der Waals surface area contributed by atoms with Crippen LogP contribution >= 0.6 is 0 Å². The van der Waals surface area contributed by atoms with Crippen molar-refractivity contribution in [1.82, 2.24) is 0 Å². The van der Waals surface area contributed by atoms with Crippen LogP contribution in [-0.2, 0) is 0 Å². The zero-order valence-corrected chi connectivity index (χ0v) is 7.94. The molecule has 0 saturated carbocycles. The number of nitrogens with zero attached hydrogens (tertiary/aromatic N) is 1. The van der Waals surface area contributed by atoms with Gasteiger partial charge in [-0.3, -0.25) is 10.1 Å². The van der Waals surface area contributed by atoms with Crippen LogP contribution in [0.4, 0.5) is 5.69 Å². The minimum atomic E-state index is -0.609. The molecule has 0 fully saturated rings. The quantitative estimate of drug-likeness (QED) is 0.537. The fraction of sp³-hybridized carbons (Fsp3) is 0.333. The van der Waals surface area contributed by atoms with Gasteiger partial charge in [0, 0.05) is 6.07 Å². The highest BCUT2D eigenvalue weighted by Gasteiger charge is 2.11. The van der Waals surface area contributed by atoms with E-state index in [4.69, 9.17) is 5.11 Å². The second-order valence-corrected chi connectivity index (χ2v) is 2.25. The zero-order chi connectivity index (χ0) is 10.4. The fourth-order valence-electron chi connectivity index (χ4n) is 0.780. The number of hydrogen-bond donors (Lipinski definition) is 1. The van der Waals surface area contributed by atoms with Crippen LogP contribution in [0.15, 0.2) is 18.2 Å². The highest BCUT2D eigenvalue weighted by Crippen LogP contribution is 2.25. The maximum Gasteiger partial charge on any atom is 0.310 e. The molecule has 0 aliphatic heterocycles. The third-order valence-corrected chi connectivity index (χ3v) is 1.33. The molecule has 0 unspecified atom stereocenters. The van der Waals surface area contributed by atoms with E-state index >= 15 is 0 Å². The molecule has 4 nitrogen and oxygen atoms in total. The van der Waals surface area contributed by atoms with Gasteiger partial charge in [-0.25, -0.2) is 0 Å². The van der Waals surface area contributed by atoms with Crippen LogP contribution in [0.1, 0.15) is 19.4 Å². The van der Waals surface area contributed by atoms with Crippen LogP contribution in [0.2, 0.25) is 0 Å². The van der Waals surface area contributed by atoms with Crippen molar-refractivity contribution in [3.05, 3.63) is 33.9 Å². The van der Waals surface area contributed by atoms with E-state index in [1.807, 2.05) is 13.8 Å². The Kier molecular flexibility index (Phi) is 4.51. The number of aryl methyl sites for hydroxylation is 1. The van der Waals surface area contributed by atoms with Crippen molar-refractivity contribution in [2.75, 3.05) is 0 Å². The van der Waals surface area contributed by atoms with Crippen molar-refractivity contribution in [3.63, 3.8) is 0 Å². The molecular weight excluding hydrogens is 170 g/mol. The molecule has 0 bridgehead atoms. The van der Waals surface area contributed by atoms with Gasteiger partial charge in [0.1, 0.15) is 0 Å². The summed E-state index contributed by atoms with van der Waals surface area (Å²) in [5.74, 6) is -0.291. The molecule has 72 valence electrons. The summed E-state index contributed by atoms with van der Waals surface area (Å²) in [7, 11) is 0. The van der Waals surface area contributed by atoms with E-state index in [9.17, 15) is 10.1 Å². The number of phenols is 1. The molecule has 0 amide bonds. The molecule has 4 heteroatoms. The number of rotatable bonds is 1. The van der Waals surface area contributed by atoms with E-state index in [0.29, 0.717) is 0 Å². The highest BCUT2D eigenvalue weighted by molar-refractivity contribution is 5.47. The average molecular weight is 183 g/mol. The molecule has 0 aliphatic carbocycles. The number of benzene rings is 1. The summed E-state index contributed by atoms with van der Waals surface area (Å²) in [6.45, 7) is 5.73. The Labute approximate surface area is 77.0 Å². The average Bonchev–Trinajstić information content (AvgIpc) is 2.12. The summed E-state index contributed by atoms with van der Waals surface area (Å²) in [6.07, 6.45) is 0. The van der Waals surface area contributed by atoms with Gasteiger partial charge in [0.2, 0.25) is 0 Å². The van der Waals surface area contributed by atoms with E-state index in [0.717, 1.165) is 5.56 Å². The van der Waals surface area contributed by atoms with Gasteiger partial charge in [0.25, 0.3) is 0 Å². The van der Waals surface area contributed by atoms with Gasteiger partial charge in [0.15, 0.2) is 5.75 Å². The number of aromatic hydroxyl groups is 1. The lowest BCUT2D eigenvalue weighted by atomic mass is 10.2. The number of phenolic OH excluding ortho intramolecular Hbond substituents is 1. The molecule has 0 saturated heterocycles. The van der Waals surface area contributed by atoms with Gasteiger partial charge >= 0.3 is 5.69 Å². The molecule has 1 aromatic carbocycles. The topological polar surface area (TPSA) is 63.4 Å². The van der Waals surface area contributed by atoms with E-state index in [1.54, 1.807) is 13.0 Å². The minimum absolute atomic E-state index is 0.245. The third-order valence-electron chi connectivity index (χ3n) is 1.33. The molecule has 0 heterocycles. The second-order valence-electron chi connectivity index (χ2n) is 2.25. The van der Waals surface area contributed by atoms with E-state index in [2.05, 4.69) is 0 Å². The van der Waals surface area contributed by atoms with Gasteiger partial charge < -0.3 is 5.11 Å². The molecule has 0 atom stereocenters. The van der Waals surface area contributed by atoms with Crippen LogP contribution in [0.3, 0.4) is 0 Å². The summed E-state index contributed by atoms with van der Waals surface area (Å²) in [6, 6.07) is 4.26. The zero-order valence-electron chi connectivity index (χ0n) is 7.94. The molecule has 0 aromatic heterocycles. The summed E-state index contributed by atoms with van der Waals surface area (Å²) in [4.78, 5) is 9.61. The molecule has 1 rings (SSSR count). The molecule has 0 aliphatic rings. The standard InChI is InChI=1S/C7H7NO3.C2H6/c1-5-2-3-7(9)6(4-5)8(10)11;1-2/h2-4,9H,1H3;1-2H3. The maximum atomic E-state index is 10.2. The number of nitro groups is 1. The minimum Gasteiger partial charge on any atom is -0.502 e. The van der Waals surface area contributed by atoms with Gasteiger partial charge in [-0.05, 0) is 18.6 Å². The molecular formula is C9H13NO3. The Hall–Kier alpha value is -1.58. The van der Waals surface area contributed by atoms with Crippen LogP contribution in [0, 0.1) is 17.0 Å². The van der Waals surface area contributed by atoms with Crippen molar-refractivity contribution in [2.45, 2.75) is 20.8 Å². The lowest BCUT2D eigenvalue weighted by Gasteiger charge is -1.95. The first-order chi connectivity index (χ1) is 6.11. The first-order valence-electron chi connectivity index (χ1n) is 4.05. The van der Waals surface area contributed by atoms with Crippen molar-refractivity contribution < 1.29 is 10.0 Å². The predicted molar refractivity (Wildman–Crippen MR) is 50.8 cm³/mol. The first kappa shape index (κ1) is 11.4. The molecule has 13 heavy (non-hydrogen) atoms. The number of nitro benzene ring substituents is 1. The largest absolute Gasteiger partial charge is 0.502 e. The fourth-order valence-corrected chi connectivity index (χ4v) is 0.780. The van der Waals surface area contributed by atoms with Gasteiger partial charge in [-0.2, -0.15) is 0 Å². The normalized spacial score (nSPS) is 8.54. The molecule has 0 spiro atoms. The summed E-state index contributed by atoms with van der Waals surface area (Å²) >= 11 is 0. The van der Waals surface area contributed by atoms with Gasteiger partial charge in [-0.15, -0.1) is 0 Å². The van der Waals surface area contributed by atoms with E-state index in [-0.39, 0.29) is 11.4 Å².